The summed E-state index contributed by atoms with van der Waals surface area (Å²) in [6.45, 7) is 5.88. The van der Waals surface area contributed by atoms with Crippen molar-refractivity contribution in [2.75, 3.05) is 5.32 Å². The average molecular weight is 407 g/mol. The van der Waals surface area contributed by atoms with Gasteiger partial charge in [0.1, 0.15) is 10.8 Å². The lowest BCUT2D eigenvalue weighted by Gasteiger charge is -2.08. The molecule has 9 heteroatoms. The average Bonchev–Trinajstić information content (AvgIpc) is 3.17. The van der Waals surface area contributed by atoms with E-state index in [-0.39, 0.29) is 5.82 Å². The summed E-state index contributed by atoms with van der Waals surface area (Å²) in [6, 6.07) is 6.26. The van der Waals surface area contributed by atoms with E-state index in [2.05, 4.69) is 20.8 Å². The molecule has 0 radical (unpaired) electrons. The van der Waals surface area contributed by atoms with E-state index >= 15 is 0 Å². The van der Waals surface area contributed by atoms with Gasteiger partial charge in [-0.2, -0.15) is 10.2 Å². The van der Waals surface area contributed by atoms with Crippen LogP contribution in [0.5, 0.6) is 0 Å². The van der Waals surface area contributed by atoms with Crippen LogP contribution in [0.1, 0.15) is 23.7 Å². The molecule has 0 amide bonds. The molecule has 0 aliphatic rings. The fourth-order valence-corrected chi connectivity index (χ4v) is 2.93. The molecule has 0 saturated carbocycles. The van der Waals surface area contributed by atoms with Gasteiger partial charge in [0.25, 0.3) is 0 Å². The van der Waals surface area contributed by atoms with Crippen molar-refractivity contribution in [2.45, 2.75) is 33.5 Å². The zero-order valence-corrected chi connectivity index (χ0v) is 16.6. The third-order valence-corrected chi connectivity index (χ3v) is 4.54. The molecule has 0 fully saturated rings. The van der Waals surface area contributed by atoms with Gasteiger partial charge in [-0.1, -0.05) is 23.7 Å². The van der Waals surface area contributed by atoms with Gasteiger partial charge in [-0.3, -0.25) is 9.36 Å². The summed E-state index contributed by atoms with van der Waals surface area (Å²) in [5.41, 5.74) is 2.97. The van der Waals surface area contributed by atoms with E-state index in [1.807, 2.05) is 24.7 Å². The van der Waals surface area contributed by atoms with Gasteiger partial charge in [0.2, 0.25) is 0 Å². The van der Waals surface area contributed by atoms with Gasteiger partial charge in [0.05, 0.1) is 12.2 Å². The van der Waals surface area contributed by atoms with Gasteiger partial charge in [0.15, 0.2) is 10.9 Å². The van der Waals surface area contributed by atoms with Crippen molar-refractivity contribution in [3.05, 3.63) is 64.3 Å². The molecule has 27 heavy (non-hydrogen) atoms. The smallest absolute Gasteiger partial charge is 0.173 e. The van der Waals surface area contributed by atoms with Crippen LogP contribution in [0.4, 0.5) is 10.2 Å². The zero-order valence-electron chi connectivity index (χ0n) is 15.0. The topological polar surface area (TPSA) is 59.7 Å². The standard InChI is InChI=1S/C18H20ClFN6S/c1-3-25-10-14(12(2)23-25)8-21-18(27)22-17-16(19)11-26(24-17)9-13-4-6-15(20)7-5-13/h4-7,10-11H,3,8-9H2,1-2H3,(H2,21,22,24,27). The van der Waals surface area contributed by atoms with E-state index in [0.29, 0.717) is 29.0 Å². The zero-order chi connectivity index (χ0) is 19.4. The van der Waals surface area contributed by atoms with Gasteiger partial charge in [-0.05, 0) is 43.8 Å². The Kier molecular flexibility index (Phi) is 6.08. The number of nitrogens with one attached hydrogen (secondary N) is 2. The lowest BCUT2D eigenvalue weighted by atomic mass is 10.2. The Hall–Kier alpha value is -2.45. The molecule has 2 N–H and O–H groups in total. The van der Waals surface area contributed by atoms with Crippen LogP contribution in [-0.4, -0.2) is 24.7 Å². The molecule has 2 aromatic heterocycles. The molecule has 1 aromatic carbocycles. The molecule has 0 aliphatic carbocycles. The lowest BCUT2D eigenvalue weighted by Crippen LogP contribution is -2.28. The Balaban J connectivity index is 1.58. The maximum Gasteiger partial charge on any atom is 0.173 e. The summed E-state index contributed by atoms with van der Waals surface area (Å²) in [4.78, 5) is 0. The molecule has 3 rings (SSSR count). The number of nitrogens with zero attached hydrogens (tertiary/aromatic N) is 4. The van der Waals surface area contributed by atoms with Gasteiger partial charge in [-0.25, -0.2) is 4.39 Å². The highest BCUT2D eigenvalue weighted by Crippen LogP contribution is 2.20. The minimum Gasteiger partial charge on any atom is -0.358 e. The quantitative estimate of drug-likeness (QED) is 0.611. The summed E-state index contributed by atoms with van der Waals surface area (Å²) in [5, 5.41) is 15.8. The van der Waals surface area contributed by atoms with Crippen LogP contribution in [0.25, 0.3) is 0 Å². The first-order valence-electron chi connectivity index (χ1n) is 8.49. The minimum atomic E-state index is -0.268. The summed E-state index contributed by atoms with van der Waals surface area (Å²) >= 11 is 11.6. The van der Waals surface area contributed by atoms with Crippen LogP contribution in [0, 0.1) is 12.7 Å². The number of thiocarbonyl (C=S) groups is 1. The molecule has 0 aliphatic heterocycles. The first kappa shape index (κ1) is 19.3. The Morgan fingerprint density at radius 2 is 1.93 bits per heavy atom. The first-order valence-corrected chi connectivity index (χ1v) is 9.28. The number of hydrogen-bond acceptors (Lipinski definition) is 3. The van der Waals surface area contributed by atoms with Crippen LogP contribution in [0.2, 0.25) is 5.02 Å². The number of anilines is 1. The summed E-state index contributed by atoms with van der Waals surface area (Å²) < 4.78 is 16.6. The third-order valence-electron chi connectivity index (χ3n) is 4.02. The lowest BCUT2D eigenvalue weighted by molar-refractivity contribution is 0.624. The number of aromatic nitrogens is 4. The van der Waals surface area contributed by atoms with Gasteiger partial charge in [0, 0.05) is 31.0 Å². The molecule has 142 valence electrons. The molecular weight excluding hydrogens is 387 g/mol. The summed E-state index contributed by atoms with van der Waals surface area (Å²) in [7, 11) is 0. The second-order valence-electron chi connectivity index (χ2n) is 6.05. The largest absolute Gasteiger partial charge is 0.358 e. The number of hydrogen-bond donors (Lipinski definition) is 2. The Bertz CT molecular complexity index is 934. The Morgan fingerprint density at radius 3 is 2.59 bits per heavy atom. The van der Waals surface area contributed by atoms with Crippen molar-refractivity contribution in [1.29, 1.82) is 0 Å². The van der Waals surface area contributed by atoms with Crippen molar-refractivity contribution in [3.63, 3.8) is 0 Å². The van der Waals surface area contributed by atoms with Crippen LogP contribution in [-0.2, 0) is 19.6 Å². The minimum absolute atomic E-state index is 0.268. The molecule has 6 nitrogen and oxygen atoms in total. The molecule has 0 saturated heterocycles. The fourth-order valence-electron chi connectivity index (χ4n) is 2.56. The number of aryl methyl sites for hydroxylation is 2. The number of benzene rings is 1. The highest BCUT2D eigenvalue weighted by atomic mass is 35.5. The molecular formula is C18H20ClFN6S. The Morgan fingerprint density at radius 1 is 1.19 bits per heavy atom. The van der Waals surface area contributed by atoms with Crippen LogP contribution in [0.3, 0.4) is 0 Å². The highest BCUT2D eigenvalue weighted by molar-refractivity contribution is 7.80. The molecule has 2 heterocycles. The third kappa shape index (κ3) is 5.05. The van der Waals surface area contributed by atoms with Crippen LogP contribution >= 0.6 is 23.8 Å². The summed E-state index contributed by atoms with van der Waals surface area (Å²) in [6.07, 6.45) is 3.70. The van der Waals surface area contributed by atoms with E-state index in [1.54, 1.807) is 23.0 Å². The molecule has 0 unspecified atom stereocenters. The maximum atomic E-state index is 13.0. The summed E-state index contributed by atoms with van der Waals surface area (Å²) in [5.74, 6) is 0.202. The fraction of sp³-hybridized carbons (Fsp3) is 0.278. The maximum absolute atomic E-state index is 13.0. The van der Waals surface area contributed by atoms with E-state index in [4.69, 9.17) is 23.8 Å². The second kappa shape index (κ2) is 8.49. The van der Waals surface area contributed by atoms with Crippen molar-refractivity contribution in [3.8, 4) is 0 Å². The first-order chi connectivity index (χ1) is 12.9. The SMILES string of the molecule is CCn1cc(CNC(=S)Nc2nn(Cc3ccc(F)cc3)cc2Cl)c(C)n1. The molecule has 0 bridgehead atoms. The van der Waals surface area contributed by atoms with E-state index in [9.17, 15) is 4.39 Å². The molecule has 0 atom stereocenters. The number of rotatable bonds is 6. The van der Waals surface area contributed by atoms with Gasteiger partial charge < -0.3 is 10.6 Å². The van der Waals surface area contributed by atoms with Gasteiger partial charge >= 0.3 is 0 Å². The van der Waals surface area contributed by atoms with Crippen molar-refractivity contribution in [1.82, 2.24) is 24.9 Å². The predicted octanol–water partition coefficient (Wildman–Crippen LogP) is 3.74. The van der Waals surface area contributed by atoms with Crippen LogP contribution < -0.4 is 10.6 Å². The monoisotopic (exact) mass is 406 g/mol. The van der Waals surface area contributed by atoms with E-state index in [1.165, 1.54) is 12.1 Å². The van der Waals surface area contributed by atoms with E-state index < -0.39 is 0 Å². The normalized spacial score (nSPS) is 10.8. The van der Waals surface area contributed by atoms with Crippen LogP contribution in [0.15, 0.2) is 36.7 Å². The van der Waals surface area contributed by atoms with Gasteiger partial charge in [-0.15, -0.1) is 0 Å². The molecule has 0 spiro atoms. The van der Waals surface area contributed by atoms with Crippen molar-refractivity contribution in [2.24, 2.45) is 0 Å². The van der Waals surface area contributed by atoms with Crippen molar-refractivity contribution < 1.29 is 4.39 Å². The van der Waals surface area contributed by atoms with E-state index in [0.717, 1.165) is 23.4 Å². The Labute approximate surface area is 167 Å². The second-order valence-corrected chi connectivity index (χ2v) is 6.87. The van der Waals surface area contributed by atoms with Crippen molar-refractivity contribution >= 4 is 34.7 Å². The highest BCUT2D eigenvalue weighted by Gasteiger charge is 2.10. The number of halogens is 2. The molecule has 3 aromatic rings. The predicted molar refractivity (Wildman–Crippen MR) is 108 cm³/mol.